The largest absolute Gasteiger partial charge is 0.439 e. The van der Waals surface area contributed by atoms with Crippen LogP contribution in [0.15, 0.2) is 48.7 Å². The Hall–Kier alpha value is -2.40. The van der Waals surface area contributed by atoms with E-state index in [9.17, 15) is 4.79 Å². The Morgan fingerprint density at radius 3 is 2.83 bits per heavy atom. The number of hydrogen-bond donors (Lipinski definition) is 2. The van der Waals surface area contributed by atoms with E-state index in [4.69, 9.17) is 4.74 Å². The van der Waals surface area contributed by atoms with Crippen molar-refractivity contribution in [3.63, 3.8) is 0 Å². The second-order valence-electron chi connectivity index (χ2n) is 5.74. The van der Waals surface area contributed by atoms with Gasteiger partial charge in [0, 0.05) is 24.4 Å². The predicted octanol–water partition coefficient (Wildman–Crippen LogP) is 3.20. The van der Waals surface area contributed by atoms with E-state index in [1.807, 2.05) is 36.4 Å². The van der Waals surface area contributed by atoms with Gasteiger partial charge in [0.1, 0.15) is 5.75 Å². The van der Waals surface area contributed by atoms with Crippen molar-refractivity contribution in [2.75, 3.05) is 18.4 Å². The molecule has 2 N–H and O–H groups in total. The fraction of sp³-hybridized carbons (Fsp3) is 0.333. The van der Waals surface area contributed by atoms with Crippen LogP contribution in [0.5, 0.6) is 11.6 Å². The highest BCUT2D eigenvalue weighted by Gasteiger charge is 2.15. The number of carbonyl (C=O) groups is 1. The molecular formula is C18H21N3O2. The highest BCUT2D eigenvalue weighted by Crippen LogP contribution is 2.21. The predicted molar refractivity (Wildman–Crippen MR) is 89.6 cm³/mol. The Kier molecular flexibility index (Phi) is 5.21. The number of amides is 1. The molecule has 0 saturated carbocycles. The van der Waals surface area contributed by atoms with Crippen LogP contribution in [0, 0.1) is 5.92 Å². The number of benzene rings is 1. The molecule has 0 aliphatic carbocycles. The zero-order valence-electron chi connectivity index (χ0n) is 13.0. The van der Waals surface area contributed by atoms with Crippen molar-refractivity contribution in [2.24, 2.45) is 5.92 Å². The molecule has 0 spiro atoms. The van der Waals surface area contributed by atoms with Gasteiger partial charge in [0.15, 0.2) is 0 Å². The smallest absolute Gasteiger partial charge is 0.224 e. The highest BCUT2D eigenvalue weighted by atomic mass is 16.5. The molecule has 1 aromatic carbocycles. The number of nitrogens with one attached hydrogen (secondary N) is 2. The van der Waals surface area contributed by atoms with Crippen LogP contribution in [0.1, 0.15) is 19.3 Å². The average Bonchev–Trinajstić information content (AvgIpc) is 3.09. The summed E-state index contributed by atoms with van der Waals surface area (Å²) >= 11 is 0. The van der Waals surface area contributed by atoms with Crippen molar-refractivity contribution in [1.82, 2.24) is 10.3 Å². The number of anilines is 1. The van der Waals surface area contributed by atoms with Crippen LogP contribution in [0.25, 0.3) is 0 Å². The van der Waals surface area contributed by atoms with Crippen molar-refractivity contribution < 1.29 is 9.53 Å². The molecule has 0 radical (unpaired) electrons. The average molecular weight is 311 g/mol. The van der Waals surface area contributed by atoms with E-state index in [1.165, 1.54) is 6.42 Å². The molecule has 5 heteroatoms. The molecule has 0 bridgehead atoms. The van der Waals surface area contributed by atoms with Gasteiger partial charge in [-0.2, -0.15) is 0 Å². The SMILES string of the molecule is O=C(CCC1CCNC1)Nc1ccc(Oc2ccccn2)cc1. The van der Waals surface area contributed by atoms with Gasteiger partial charge in [-0.1, -0.05) is 6.07 Å². The van der Waals surface area contributed by atoms with Crippen molar-refractivity contribution >= 4 is 11.6 Å². The Morgan fingerprint density at radius 2 is 2.13 bits per heavy atom. The maximum atomic E-state index is 12.0. The topological polar surface area (TPSA) is 63.2 Å². The van der Waals surface area contributed by atoms with Crippen molar-refractivity contribution in [1.29, 1.82) is 0 Å². The minimum absolute atomic E-state index is 0.0651. The number of pyridine rings is 1. The third-order valence-electron chi connectivity index (χ3n) is 3.94. The molecule has 2 aromatic rings. The minimum Gasteiger partial charge on any atom is -0.439 e. The number of ether oxygens (including phenoxy) is 1. The van der Waals surface area contributed by atoms with Crippen LogP contribution < -0.4 is 15.4 Å². The number of rotatable bonds is 6. The summed E-state index contributed by atoms with van der Waals surface area (Å²) in [6, 6.07) is 12.8. The second kappa shape index (κ2) is 7.74. The van der Waals surface area contributed by atoms with E-state index >= 15 is 0 Å². The summed E-state index contributed by atoms with van der Waals surface area (Å²) < 4.78 is 5.62. The van der Waals surface area contributed by atoms with Crippen LogP contribution in [0.4, 0.5) is 5.69 Å². The quantitative estimate of drug-likeness (QED) is 0.860. The molecule has 1 aromatic heterocycles. The Balaban J connectivity index is 1.47. The summed E-state index contributed by atoms with van der Waals surface area (Å²) in [6.45, 7) is 2.11. The maximum absolute atomic E-state index is 12.0. The molecule has 1 aliphatic heterocycles. The zero-order chi connectivity index (χ0) is 15.9. The van der Waals surface area contributed by atoms with Crippen LogP contribution in [0.3, 0.4) is 0 Å². The van der Waals surface area contributed by atoms with Gasteiger partial charge in [-0.3, -0.25) is 4.79 Å². The minimum atomic E-state index is 0.0651. The molecular weight excluding hydrogens is 290 g/mol. The molecule has 1 aliphatic rings. The number of carbonyl (C=O) groups excluding carboxylic acids is 1. The standard InChI is InChI=1S/C18H21N3O2/c22-17(9-4-14-10-12-19-13-14)21-15-5-7-16(8-6-15)23-18-3-1-2-11-20-18/h1-3,5-8,11,14,19H,4,9-10,12-13H2,(H,21,22). The normalized spacial score (nSPS) is 17.0. The third-order valence-corrected chi connectivity index (χ3v) is 3.94. The van der Waals surface area contributed by atoms with E-state index in [2.05, 4.69) is 15.6 Å². The highest BCUT2D eigenvalue weighted by molar-refractivity contribution is 5.90. The lowest BCUT2D eigenvalue weighted by atomic mass is 10.0. The monoisotopic (exact) mass is 311 g/mol. The van der Waals surface area contributed by atoms with E-state index in [0.29, 0.717) is 24.0 Å². The summed E-state index contributed by atoms with van der Waals surface area (Å²) in [5.74, 6) is 1.94. The van der Waals surface area contributed by atoms with E-state index < -0.39 is 0 Å². The van der Waals surface area contributed by atoms with Gasteiger partial charge in [-0.25, -0.2) is 4.98 Å². The number of nitrogens with zero attached hydrogens (tertiary/aromatic N) is 1. The van der Waals surface area contributed by atoms with Gasteiger partial charge in [0.05, 0.1) is 0 Å². The molecule has 120 valence electrons. The van der Waals surface area contributed by atoms with Crippen molar-refractivity contribution in [3.8, 4) is 11.6 Å². The van der Waals surface area contributed by atoms with Crippen molar-refractivity contribution in [2.45, 2.75) is 19.3 Å². The summed E-state index contributed by atoms with van der Waals surface area (Å²) in [5.41, 5.74) is 0.785. The van der Waals surface area contributed by atoms with E-state index in [0.717, 1.165) is 25.2 Å². The number of aromatic nitrogens is 1. The molecule has 3 rings (SSSR count). The third kappa shape index (κ3) is 4.79. The second-order valence-corrected chi connectivity index (χ2v) is 5.74. The van der Waals surface area contributed by atoms with Crippen LogP contribution in [-0.4, -0.2) is 24.0 Å². The first-order valence-corrected chi connectivity index (χ1v) is 7.99. The summed E-state index contributed by atoms with van der Waals surface area (Å²) in [6.07, 6.45) is 4.37. The number of hydrogen-bond acceptors (Lipinski definition) is 4. The lowest BCUT2D eigenvalue weighted by Crippen LogP contribution is -2.14. The van der Waals surface area contributed by atoms with Gasteiger partial charge in [0.2, 0.25) is 11.8 Å². The molecule has 5 nitrogen and oxygen atoms in total. The zero-order valence-corrected chi connectivity index (χ0v) is 13.0. The molecule has 1 fully saturated rings. The fourth-order valence-electron chi connectivity index (χ4n) is 2.65. The first-order valence-electron chi connectivity index (χ1n) is 7.99. The van der Waals surface area contributed by atoms with Crippen LogP contribution >= 0.6 is 0 Å². The molecule has 1 atom stereocenters. The van der Waals surface area contributed by atoms with E-state index in [1.54, 1.807) is 12.3 Å². The van der Waals surface area contributed by atoms with Gasteiger partial charge in [-0.15, -0.1) is 0 Å². The summed E-state index contributed by atoms with van der Waals surface area (Å²) in [7, 11) is 0. The van der Waals surface area contributed by atoms with Gasteiger partial charge in [-0.05, 0) is 62.2 Å². The lowest BCUT2D eigenvalue weighted by Gasteiger charge is -2.09. The van der Waals surface area contributed by atoms with Crippen LogP contribution in [0.2, 0.25) is 0 Å². The van der Waals surface area contributed by atoms with Gasteiger partial charge in [0.25, 0.3) is 0 Å². The summed E-state index contributed by atoms with van der Waals surface area (Å²) in [4.78, 5) is 16.1. The molecule has 1 unspecified atom stereocenters. The first kappa shape index (κ1) is 15.5. The lowest BCUT2D eigenvalue weighted by molar-refractivity contribution is -0.116. The Labute approximate surface area is 136 Å². The molecule has 1 amide bonds. The Bertz CT molecular complexity index is 622. The van der Waals surface area contributed by atoms with Crippen molar-refractivity contribution in [3.05, 3.63) is 48.7 Å². The molecule has 23 heavy (non-hydrogen) atoms. The fourth-order valence-corrected chi connectivity index (χ4v) is 2.65. The van der Waals surface area contributed by atoms with E-state index in [-0.39, 0.29) is 5.91 Å². The summed E-state index contributed by atoms with van der Waals surface area (Å²) in [5, 5.41) is 6.25. The Morgan fingerprint density at radius 1 is 1.26 bits per heavy atom. The van der Waals surface area contributed by atoms with Gasteiger partial charge < -0.3 is 15.4 Å². The van der Waals surface area contributed by atoms with Gasteiger partial charge >= 0.3 is 0 Å². The van der Waals surface area contributed by atoms with Crippen LogP contribution in [-0.2, 0) is 4.79 Å². The first-order chi connectivity index (χ1) is 11.3. The molecule has 2 heterocycles. The maximum Gasteiger partial charge on any atom is 0.224 e. The molecule has 1 saturated heterocycles.